The molecule has 1 unspecified atom stereocenters. The topological polar surface area (TPSA) is 62.3 Å². The van der Waals surface area contributed by atoms with Crippen LogP contribution in [0.15, 0.2) is 18.2 Å². The summed E-state index contributed by atoms with van der Waals surface area (Å²) in [7, 11) is 3.22. The van der Waals surface area contributed by atoms with Crippen LogP contribution in [-0.4, -0.2) is 36.5 Å². The molecular weight excluding hydrogens is 237 g/mol. The summed E-state index contributed by atoms with van der Waals surface area (Å²) in [5.74, 6) is 0.0149. The van der Waals surface area contributed by atoms with E-state index in [0.29, 0.717) is 24.6 Å². The largest absolute Gasteiger partial charge is 0.382 e. The molecule has 0 fully saturated rings. The number of nitrogens with zero attached hydrogens (tertiary/aromatic N) is 2. The zero-order chi connectivity index (χ0) is 13.1. The molecule has 0 spiro atoms. The maximum Gasteiger partial charge on any atom is 0.201 e. The van der Waals surface area contributed by atoms with Crippen molar-refractivity contribution in [3.05, 3.63) is 24.0 Å². The highest BCUT2D eigenvalue weighted by atomic mass is 19.1. The second kappa shape index (κ2) is 5.32. The Bertz CT molecular complexity index is 541. The monoisotopic (exact) mass is 253 g/mol. The van der Waals surface area contributed by atoms with E-state index in [9.17, 15) is 4.39 Å². The Kier molecular flexibility index (Phi) is 3.78. The van der Waals surface area contributed by atoms with E-state index in [1.807, 2.05) is 0 Å². The minimum Gasteiger partial charge on any atom is -0.382 e. The second-order valence-electron chi connectivity index (χ2n) is 4.03. The average molecular weight is 253 g/mol. The molecule has 1 heterocycles. The number of hydrogen-bond acceptors (Lipinski definition) is 4. The highest BCUT2D eigenvalue weighted by Crippen LogP contribution is 2.19. The van der Waals surface area contributed by atoms with Crippen LogP contribution < -0.4 is 5.73 Å². The summed E-state index contributed by atoms with van der Waals surface area (Å²) in [5, 5.41) is 0. The summed E-state index contributed by atoms with van der Waals surface area (Å²) in [4.78, 5) is 4.13. The minimum atomic E-state index is -0.327. The van der Waals surface area contributed by atoms with Crippen molar-refractivity contribution in [2.24, 2.45) is 0 Å². The van der Waals surface area contributed by atoms with Crippen LogP contribution in [0.2, 0.25) is 0 Å². The first-order chi connectivity index (χ1) is 8.65. The summed E-state index contributed by atoms with van der Waals surface area (Å²) >= 11 is 0. The number of nitrogen functional groups attached to an aromatic ring is 1. The third-order valence-corrected chi connectivity index (χ3v) is 2.81. The summed E-state index contributed by atoms with van der Waals surface area (Å²) < 4.78 is 25.2. The van der Waals surface area contributed by atoms with Gasteiger partial charge < -0.3 is 19.8 Å². The van der Waals surface area contributed by atoms with Gasteiger partial charge in [0.1, 0.15) is 5.82 Å². The first-order valence-electron chi connectivity index (χ1n) is 5.58. The molecule has 2 rings (SSSR count). The van der Waals surface area contributed by atoms with E-state index in [1.165, 1.54) is 12.1 Å². The molecule has 6 heteroatoms. The van der Waals surface area contributed by atoms with Gasteiger partial charge >= 0.3 is 0 Å². The van der Waals surface area contributed by atoms with Gasteiger partial charge in [-0.25, -0.2) is 9.37 Å². The van der Waals surface area contributed by atoms with Crippen molar-refractivity contribution in [1.29, 1.82) is 0 Å². The quantitative estimate of drug-likeness (QED) is 0.875. The van der Waals surface area contributed by atoms with Crippen molar-refractivity contribution in [2.45, 2.75) is 12.6 Å². The van der Waals surface area contributed by atoms with E-state index in [0.717, 1.165) is 5.52 Å². The molecule has 0 saturated heterocycles. The fraction of sp³-hybridized carbons (Fsp3) is 0.417. The molecule has 0 aliphatic carbocycles. The van der Waals surface area contributed by atoms with Crippen LogP contribution in [0.5, 0.6) is 0 Å². The molecule has 2 aromatic rings. The molecule has 1 atom stereocenters. The van der Waals surface area contributed by atoms with Crippen LogP contribution in [0, 0.1) is 5.82 Å². The van der Waals surface area contributed by atoms with E-state index < -0.39 is 0 Å². The molecule has 0 radical (unpaired) electrons. The SMILES string of the molecule is COCC(Cn1c(N)nc2cc(F)ccc21)OC. The first kappa shape index (κ1) is 12.8. The predicted octanol–water partition coefficient (Wildman–Crippen LogP) is 1.42. The molecular formula is C12H16FN3O2. The molecule has 0 bridgehead atoms. The lowest BCUT2D eigenvalue weighted by Crippen LogP contribution is -2.24. The fourth-order valence-electron chi connectivity index (χ4n) is 1.90. The zero-order valence-corrected chi connectivity index (χ0v) is 10.4. The Labute approximate surface area is 104 Å². The summed E-state index contributed by atoms with van der Waals surface area (Å²) in [6.45, 7) is 0.967. The third kappa shape index (κ3) is 2.44. The predicted molar refractivity (Wildman–Crippen MR) is 66.8 cm³/mol. The third-order valence-electron chi connectivity index (χ3n) is 2.81. The highest BCUT2D eigenvalue weighted by Gasteiger charge is 2.14. The number of benzene rings is 1. The smallest absolute Gasteiger partial charge is 0.201 e. The summed E-state index contributed by atoms with van der Waals surface area (Å²) in [5.41, 5.74) is 7.16. The van der Waals surface area contributed by atoms with Crippen LogP contribution >= 0.6 is 0 Å². The first-order valence-corrected chi connectivity index (χ1v) is 5.58. The maximum atomic E-state index is 13.1. The minimum absolute atomic E-state index is 0.125. The van der Waals surface area contributed by atoms with Gasteiger partial charge in [0.05, 0.1) is 30.3 Å². The van der Waals surface area contributed by atoms with E-state index in [-0.39, 0.29) is 11.9 Å². The molecule has 1 aromatic carbocycles. The fourth-order valence-corrected chi connectivity index (χ4v) is 1.90. The number of anilines is 1. The van der Waals surface area contributed by atoms with E-state index >= 15 is 0 Å². The van der Waals surface area contributed by atoms with Crippen LogP contribution in [-0.2, 0) is 16.0 Å². The Balaban J connectivity index is 2.34. The number of rotatable bonds is 5. The molecule has 0 amide bonds. The van der Waals surface area contributed by atoms with Crippen LogP contribution in [0.25, 0.3) is 11.0 Å². The number of imidazole rings is 1. The van der Waals surface area contributed by atoms with Gasteiger partial charge in [-0.2, -0.15) is 0 Å². The Morgan fingerprint density at radius 1 is 1.44 bits per heavy atom. The lowest BCUT2D eigenvalue weighted by molar-refractivity contribution is 0.0193. The highest BCUT2D eigenvalue weighted by molar-refractivity contribution is 5.78. The molecule has 98 valence electrons. The second-order valence-corrected chi connectivity index (χ2v) is 4.03. The molecule has 0 aliphatic rings. The van der Waals surface area contributed by atoms with Crippen molar-refractivity contribution in [3.63, 3.8) is 0 Å². The number of aromatic nitrogens is 2. The number of fused-ring (bicyclic) bond motifs is 1. The number of methoxy groups -OCH3 is 2. The van der Waals surface area contributed by atoms with Crippen LogP contribution in [0.4, 0.5) is 10.3 Å². The van der Waals surface area contributed by atoms with Gasteiger partial charge in [-0.15, -0.1) is 0 Å². The number of hydrogen-bond donors (Lipinski definition) is 1. The number of nitrogens with two attached hydrogens (primary N) is 1. The lowest BCUT2D eigenvalue weighted by Gasteiger charge is -2.16. The number of ether oxygens (including phenoxy) is 2. The Morgan fingerprint density at radius 2 is 2.22 bits per heavy atom. The molecule has 5 nitrogen and oxygen atoms in total. The van der Waals surface area contributed by atoms with Crippen LogP contribution in [0.1, 0.15) is 0 Å². The van der Waals surface area contributed by atoms with E-state index in [2.05, 4.69) is 4.98 Å². The standard InChI is InChI=1S/C12H16FN3O2/c1-17-7-9(18-2)6-16-11-4-3-8(13)5-10(11)15-12(16)14/h3-5,9H,6-7H2,1-2H3,(H2,14,15). The van der Waals surface area contributed by atoms with Gasteiger partial charge in [-0.05, 0) is 12.1 Å². The molecule has 0 saturated carbocycles. The van der Waals surface area contributed by atoms with Gasteiger partial charge in [0.25, 0.3) is 0 Å². The Morgan fingerprint density at radius 3 is 2.89 bits per heavy atom. The van der Waals surface area contributed by atoms with Gasteiger partial charge in [0.15, 0.2) is 0 Å². The normalized spacial score (nSPS) is 13.1. The average Bonchev–Trinajstić information content (AvgIpc) is 2.64. The van der Waals surface area contributed by atoms with Crippen LogP contribution in [0.3, 0.4) is 0 Å². The van der Waals surface area contributed by atoms with Gasteiger partial charge in [0.2, 0.25) is 5.95 Å². The Hall–Kier alpha value is -1.66. The van der Waals surface area contributed by atoms with E-state index in [4.69, 9.17) is 15.2 Å². The lowest BCUT2D eigenvalue weighted by atomic mass is 10.3. The molecule has 1 aromatic heterocycles. The molecule has 2 N–H and O–H groups in total. The maximum absolute atomic E-state index is 13.1. The van der Waals surface area contributed by atoms with Crippen molar-refractivity contribution in [1.82, 2.24) is 9.55 Å². The number of halogens is 1. The summed E-state index contributed by atoms with van der Waals surface area (Å²) in [6, 6.07) is 4.41. The van der Waals surface area contributed by atoms with Crippen molar-refractivity contribution in [2.75, 3.05) is 26.6 Å². The zero-order valence-electron chi connectivity index (χ0n) is 10.4. The van der Waals surface area contributed by atoms with Gasteiger partial charge in [-0.3, -0.25) is 0 Å². The van der Waals surface area contributed by atoms with E-state index in [1.54, 1.807) is 24.9 Å². The molecule has 18 heavy (non-hydrogen) atoms. The van der Waals surface area contributed by atoms with Gasteiger partial charge in [-0.1, -0.05) is 0 Å². The summed E-state index contributed by atoms with van der Waals surface area (Å²) in [6.07, 6.45) is -0.125. The van der Waals surface area contributed by atoms with Crippen molar-refractivity contribution in [3.8, 4) is 0 Å². The van der Waals surface area contributed by atoms with Crippen molar-refractivity contribution < 1.29 is 13.9 Å². The molecule has 0 aliphatic heterocycles. The van der Waals surface area contributed by atoms with Gasteiger partial charge in [0, 0.05) is 20.3 Å². The van der Waals surface area contributed by atoms with Crippen molar-refractivity contribution >= 4 is 17.0 Å².